The van der Waals surface area contributed by atoms with Crippen LogP contribution in [0.25, 0.3) is 0 Å². The second-order valence-corrected chi connectivity index (χ2v) is 8.35. The van der Waals surface area contributed by atoms with Crippen LogP contribution in [0, 0.1) is 0 Å². The van der Waals surface area contributed by atoms with E-state index in [4.69, 9.17) is 21.1 Å². The van der Waals surface area contributed by atoms with Gasteiger partial charge in [0.15, 0.2) is 12.3 Å². The molecule has 0 aliphatic carbocycles. The summed E-state index contributed by atoms with van der Waals surface area (Å²) in [6.45, 7) is 0.877. The smallest absolute Gasteiger partial charge is 0.417 e. The van der Waals surface area contributed by atoms with Crippen molar-refractivity contribution >= 4 is 52.2 Å². The average Bonchev–Trinajstić information content (AvgIpc) is 3.29. The second kappa shape index (κ2) is 8.60. The molecular weight excluding hydrogens is 434 g/mol. The van der Waals surface area contributed by atoms with Crippen LogP contribution in [0.15, 0.2) is 36.4 Å². The molecule has 2 aromatic rings. The van der Waals surface area contributed by atoms with E-state index in [1.807, 2.05) is 0 Å². The molecule has 3 heterocycles. The molecule has 2 N–H and O–H groups in total. The van der Waals surface area contributed by atoms with Crippen molar-refractivity contribution in [2.75, 3.05) is 36.1 Å². The van der Waals surface area contributed by atoms with Crippen LogP contribution in [0.4, 0.5) is 16.2 Å². The number of carbonyl (C=O) groups excluding carboxylic acids is 3. The minimum Gasteiger partial charge on any atom is -0.439 e. The first-order valence-corrected chi connectivity index (χ1v) is 10.3. The maximum atomic E-state index is 12.3. The molecule has 2 aliphatic rings. The van der Waals surface area contributed by atoms with Crippen LogP contribution >= 0.6 is 22.9 Å². The van der Waals surface area contributed by atoms with Crippen LogP contribution in [-0.4, -0.2) is 61.6 Å². The monoisotopic (exact) mass is 451 g/mol. The van der Waals surface area contributed by atoms with Crippen LogP contribution in [-0.2, 0) is 14.3 Å². The van der Waals surface area contributed by atoms with Gasteiger partial charge in [-0.2, -0.15) is 0 Å². The Morgan fingerprint density at radius 2 is 1.93 bits per heavy atom. The standard InChI is InChI=1S/C19H18ClN3O6S/c20-15-6-5-14(30-15)17(25)21-9-13-18(26)23(19(27)29-13)12-3-1-11(2-4-12)22-7-8-28-10-16(22)24/h1-6,13,18,26H,7-10H2,(H,21,25). The summed E-state index contributed by atoms with van der Waals surface area (Å²) >= 11 is 6.95. The third-order valence-electron chi connectivity index (χ3n) is 4.73. The van der Waals surface area contributed by atoms with Gasteiger partial charge in [-0.3, -0.25) is 9.59 Å². The second-order valence-electron chi connectivity index (χ2n) is 6.63. The van der Waals surface area contributed by atoms with Gasteiger partial charge in [-0.05, 0) is 36.4 Å². The number of hydrogen-bond donors (Lipinski definition) is 2. The van der Waals surface area contributed by atoms with E-state index in [0.717, 1.165) is 16.2 Å². The summed E-state index contributed by atoms with van der Waals surface area (Å²) in [7, 11) is 0. The average molecular weight is 452 g/mol. The minimum absolute atomic E-state index is 0.0317. The molecule has 3 amide bonds. The normalized spacial score (nSPS) is 21.7. The van der Waals surface area contributed by atoms with Crippen molar-refractivity contribution in [3.05, 3.63) is 45.6 Å². The van der Waals surface area contributed by atoms with Crippen molar-refractivity contribution < 1.29 is 29.0 Å². The molecule has 2 fully saturated rings. The molecule has 1 aromatic carbocycles. The Morgan fingerprint density at radius 1 is 1.20 bits per heavy atom. The lowest BCUT2D eigenvalue weighted by molar-refractivity contribution is -0.125. The van der Waals surface area contributed by atoms with Crippen molar-refractivity contribution in [3.63, 3.8) is 0 Å². The fraction of sp³-hybridized carbons (Fsp3) is 0.316. The van der Waals surface area contributed by atoms with Crippen LogP contribution in [0.1, 0.15) is 9.67 Å². The Hall–Kier alpha value is -2.66. The summed E-state index contributed by atoms with van der Waals surface area (Å²) in [5, 5.41) is 13.2. The molecule has 9 nitrogen and oxygen atoms in total. The molecule has 30 heavy (non-hydrogen) atoms. The topological polar surface area (TPSA) is 108 Å². The van der Waals surface area contributed by atoms with E-state index < -0.39 is 18.4 Å². The SMILES string of the molecule is O=C(NCC1OC(=O)N(c2ccc(N3CCOCC3=O)cc2)C1O)c1ccc(Cl)s1. The summed E-state index contributed by atoms with van der Waals surface area (Å²) in [6.07, 6.45) is -2.94. The van der Waals surface area contributed by atoms with Gasteiger partial charge < -0.3 is 24.8 Å². The zero-order valence-electron chi connectivity index (χ0n) is 15.6. The van der Waals surface area contributed by atoms with Crippen LogP contribution in [0.5, 0.6) is 0 Å². The van der Waals surface area contributed by atoms with Gasteiger partial charge in [0.2, 0.25) is 0 Å². The fourth-order valence-corrected chi connectivity index (χ4v) is 4.19. The molecular formula is C19H18ClN3O6S. The highest BCUT2D eigenvalue weighted by Gasteiger charge is 2.41. The number of morpholine rings is 1. The van der Waals surface area contributed by atoms with Crippen molar-refractivity contribution in [2.24, 2.45) is 0 Å². The maximum absolute atomic E-state index is 12.3. The van der Waals surface area contributed by atoms with Crippen LogP contribution < -0.4 is 15.1 Å². The number of nitrogens with one attached hydrogen (secondary N) is 1. The quantitative estimate of drug-likeness (QED) is 0.718. The zero-order chi connectivity index (χ0) is 21.3. The number of halogens is 1. The predicted octanol–water partition coefficient (Wildman–Crippen LogP) is 1.84. The molecule has 0 saturated carbocycles. The first kappa shape index (κ1) is 20.6. The first-order chi connectivity index (χ1) is 14.4. The molecule has 0 radical (unpaired) electrons. The number of aliphatic hydroxyl groups excluding tert-OH is 1. The fourth-order valence-electron chi connectivity index (χ4n) is 3.23. The molecule has 2 atom stereocenters. The third kappa shape index (κ3) is 4.12. The van der Waals surface area contributed by atoms with E-state index in [2.05, 4.69) is 5.32 Å². The molecule has 0 spiro atoms. The first-order valence-electron chi connectivity index (χ1n) is 9.13. The Bertz CT molecular complexity index is 965. The summed E-state index contributed by atoms with van der Waals surface area (Å²) in [4.78, 5) is 39.5. The van der Waals surface area contributed by atoms with Gasteiger partial charge in [-0.1, -0.05) is 11.6 Å². The van der Waals surface area contributed by atoms with Gasteiger partial charge in [0.1, 0.15) is 6.61 Å². The van der Waals surface area contributed by atoms with Gasteiger partial charge in [0.25, 0.3) is 11.8 Å². The lowest BCUT2D eigenvalue weighted by Crippen LogP contribution is -2.42. The van der Waals surface area contributed by atoms with E-state index in [0.29, 0.717) is 33.7 Å². The molecule has 2 saturated heterocycles. The zero-order valence-corrected chi connectivity index (χ0v) is 17.2. The highest BCUT2D eigenvalue weighted by atomic mass is 35.5. The highest BCUT2D eigenvalue weighted by molar-refractivity contribution is 7.18. The van der Waals surface area contributed by atoms with Crippen molar-refractivity contribution in [2.45, 2.75) is 12.3 Å². The van der Waals surface area contributed by atoms with Gasteiger partial charge >= 0.3 is 6.09 Å². The van der Waals surface area contributed by atoms with Gasteiger partial charge in [-0.25, -0.2) is 9.69 Å². The number of benzene rings is 1. The third-order valence-corrected chi connectivity index (χ3v) is 5.96. The Kier molecular flexibility index (Phi) is 5.91. The van der Waals surface area contributed by atoms with Crippen molar-refractivity contribution in [1.29, 1.82) is 0 Å². The largest absolute Gasteiger partial charge is 0.439 e. The van der Waals surface area contributed by atoms with E-state index in [1.165, 1.54) is 0 Å². The number of aliphatic hydroxyl groups is 1. The van der Waals surface area contributed by atoms with Crippen LogP contribution in [0.2, 0.25) is 4.34 Å². The number of cyclic esters (lactones) is 1. The molecule has 2 unspecified atom stereocenters. The number of hydrogen-bond acceptors (Lipinski definition) is 7. The number of ether oxygens (including phenoxy) is 2. The molecule has 158 valence electrons. The van der Waals surface area contributed by atoms with E-state index in [1.54, 1.807) is 41.3 Å². The Labute approximate surface area is 180 Å². The van der Waals surface area contributed by atoms with Gasteiger partial charge in [0, 0.05) is 12.2 Å². The predicted molar refractivity (Wildman–Crippen MR) is 110 cm³/mol. The van der Waals surface area contributed by atoms with E-state index in [9.17, 15) is 19.5 Å². The number of carbonyl (C=O) groups is 3. The summed E-state index contributed by atoms with van der Waals surface area (Å²) in [5.74, 6) is -0.509. The molecule has 11 heteroatoms. The molecule has 4 rings (SSSR count). The number of anilines is 2. The Balaban J connectivity index is 1.40. The Morgan fingerprint density at radius 3 is 2.60 bits per heavy atom. The number of rotatable bonds is 5. The lowest BCUT2D eigenvalue weighted by atomic mass is 10.2. The highest BCUT2D eigenvalue weighted by Crippen LogP contribution is 2.28. The lowest BCUT2D eigenvalue weighted by Gasteiger charge is -2.27. The van der Waals surface area contributed by atoms with E-state index in [-0.39, 0.29) is 25.0 Å². The van der Waals surface area contributed by atoms with Gasteiger partial charge in [-0.15, -0.1) is 11.3 Å². The van der Waals surface area contributed by atoms with E-state index >= 15 is 0 Å². The minimum atomic E-state index is -1.28. The number of nitrogens with zero attached hydrogens (tertiary/aromatic N) is 2. The van der Waals surface area contributed by atoms with Crippen LogP contribution in [0.3, 0.4) is 0 Å². The molecule has 0 bridgehead atoms. The van der Waals surface area contributed by atoms with Crippen molar-refractivity contribution in [1.82, 2.24) is 5.32 Å². The van der Waals surface area contributed by atoms with Gasteiger partial charge in [0.05, 0.1) is 28.1 Å². The summed E-state index contributed by atoms with van der Waals surface area (Å²) in [6, 6.07) is 9.82. The molecule has 2 aliphatic heterocycles. The number of thiophene rings is 1. The van der Waals surface area contributed by atoms with Crippen molar-refractivity contribution in [3.8, 4) is 0 Å². The maximum Gasteiger partial charge on any atom is 0.417 e. The number of amides is 3. The molecule has 1 aromatic heterocycles. The summed E-state index contributed by atoms with van der Waals surface area (Å²) in [5.41, 5.74) is 1.09. The summed E-state index contributed by atoms with van der Waals surface area (Å²) < 4.78 is 10.8.